The lowest BCUT2D eigenvalue weighted by atomic mass is 10.1. The Bertz CT molecular complexity index is 449. The summed E-state index contributed by atoms with van der Waals surface area (Å²) < 4.78 is 37.5. The molecule has 0 saturated heterocycles. The molecule has 0 fully saturated rings. The van der Waals surface area contributed by atoms with Gasteiger partial charge in [-0.05, 0) is 25.2 Å². The molecule has 0 saturated carbocycles. The minimum Gasteiger partial charge on any atom is -0.372 e. The van der Waals surface area contributed by atoms with Gasteiger partial charge in [0.25, 0.3) is 0 Å². The number of hydrogen-bond acceptors (Lipinski definition) is 3. The molecular weight excluding hydrogens is 243 g/mol. The van der Waals surface area contributed by atoms with Gasteiger partial charge in [0, 0.05) is 20.1 Å². The lowest BCUT2D eigenvalue weighted by molar-refractivity contribution is -0.137. The van der Waals surface area contributed by atoms with Crippen LogP contribution in [0.1, 0.15) is 11.1 Å². The van der Waals surface area contributed by atoms with Crippen molar-refractivity contribution >= 4 is 5.69 Å². The van der Waals surface area contributed by atoms with Crippen molar-refractivity contribution in [2.24, 2.45) is 0 Å². The number of nitrogens with zero attached hydrogens (tertiary/aromatic N) is 2. The largest absolute Gasteiger partial charge is 0.416 e. The zero-order chi connectivity index (χ0) is 13.8. The summed E-state index contributed by atoms with van der Waals surface area (Å²) in [6.07, 6.45) is -4.42. The minimum absolute atomic E-state index is 0.0310. The van der Waals surface area contributed by atoms with Crippen molar-refractivity contribution in [3.63, 3.8) is 0 Å². The molecule has 3 nitrogen and oxygen atoms in total. The van der Waals surface area contributed by atoms with Crippen molar-refractivity contribution in [3.05, 3.63) is 29.3 Å². The van der Waals surface area contributed by atoms with Crippen LogP contribution >= 0.6 is 0 Å². The quantitative estimate of drug-likeness (QED) is 0.899. The van der Waals surface area contributed by atoms with E-state index in [1.54, 1.807) is 25.1 Å². The van der Waals surface area contributed by atoms with Crippen molar-refractivity contribution < 1.29 is 13.2 Å². The van der Waals surface area contributed by atoms with Gasteiger partial charge in [-0.15, -0.1) is 0 Å². The van der Waals surface area contributed by atoms with Gasteiger partial charge in [0.2, 0.25) is 0 Å². The number of halogens is 3. The van der Waals surface area contributed by atoms with Gasteiger partial charge in [0.15, 0.2) is 0 Å². The molecule has 0 spiro atoms. The second kappa shape index (κ2) is 5.74. The van der Waals surface area contributed by atoms with E-state index in [4.69, 9.17) is 5.26 Å². The molecule has 1 aromatic rings. The first kappa shape index (κ1) is 14.3. The van der Waals surface area contributed by atoms with Crippen LogP contribution in [0, 0.1) is 11.3 Å². The van der Waals surface area contributed by atoms with E-state index in [9.17, 15) is 13.2 Å². The Labute approximate surface area is 104 Å². The Morgan fingerprint density at radius 3 is 2.56 bits per heavy atom. The summed E-state index contributed by atoms with van der Waals surface area (Å²) in [7, 11) is 3.52. The molecule has 0 radical (unpaired) electrons. The van der Waals surface area contributed by atoms with Crippen LogP contribution < -0.4 is 10.2 Å². The van der Waals surface area contributed by atoms with E-state index in [0.29, 0.717) is 18.8 Å². The maximum absolute atomic E-state index is 12.5. The van der Waals surface area contributed by atoms with Gasteiger partial charge < -0.3 is 10.2 Å². The third-order valence-electron chi connectivity index (χ3n) is 2.55. The molecule has 98 valence electrons. The monoisotopic (exact) mass is 257 g/mol. The van der Waals surface area contributed by atoms with Gasteiger partial charge in [0.1, 0.15) is 6.07 Å². The Morgan fingerprint density at radius 2 is 2.06 bits per heavy atom. The molecule has 0 amide bonds. The third-order valence-corrected chi connectivity index (χ3v) is 2.55. The molecule has 0 aliphatic carbocycles. The van der Waals surface area contributed by atoms with Crippen LogP contribution in [0.2, 0.25) is 0 Å². The Balaban J connectivity index is 3.05. The maximum atomic E-state index is 12.5. The molecule has 0 unspecified atom stereocenters. The number of nitrogens with one attached hydrogen (secondary N) is 1. The first-order valence-corrected chi connectivity index (χ1v) is 5.37. The second-order valence-electron chi connectivity index (χ2n) is 3.87. The summed E-state index contributed by atoms with van der Waals surface area (Å²) in [5, 5.41) is 11.9. The second-order valence-corrected chi connectivity index (χ2v) is 3.87. The van der Waals surface area contributed by atoms with Gasteiger partial charge in [0.05, 0.1) is 16.8 Å². The number of alkyl halides is 3. The molecule has 1 rings (SSSR count). The van der Waals surface area contributed by atoms with E-state index >= 15 is 0 Å². The van der Waals surface area contributed by atoms with Crippen LogP contribution in [0.25, 0.3) is 0 Å². The van der Waals surface area contributed by atoms with Crippen molar-refractivity contribution in [2.45, 2.75) is 6.18 Å². The molecule has 0 aliphatic heterocycles. The lowest BCUT2D eigenvalue weighted by Crippen LogP contribution is -2.27. The van der Waals surface area contributed by atoms with Gasteiger partial charge >= 0.3 is 6.18 Å². The smallest absolute Gasteiger partial charge is 0.372 e. The van der Waals surface area contributed by atoms with Crippen LogP contribution in [-0.2, 0) is 6.18 Å². The summed E-state index contributed by atoms with van der Waals surface area (Å²) >= 11 is 0. The summed E-state index contributed by atoms with van der Waals surface area (Å²) in [5.41, 5.74) is -0.269. The van der Waals surface area contributed by atoms with Crippen LogP contribution in [0.5, 0.6) is 0 Å². The molecule has 1 aromatic carbocycles. The number of anilines is 1. The predicted octanol–water partition coefficient (Wildman–Crippen LogP) is 2.23. The molecule has 0 atom stereocenters. The van der Waals surface area contributed by atoms with Gasteiger partial charge in [-0.25, -0.2) is 0 Å². The topological polar surface area (TPSA) is 39.1 Å². The maximum Gasteiger partial charge on any atom is 0.416 e. The van der Waals surface area contributed by atoms with Gasteiger partial charge in [-0.1, -0.05) is 0 Å². The van der Waals surface area contributed by atoms with E-state index in [2.05, 4.69) is 5.32 Å². The molecule has 18 heavy (non-hydrogen) atoms. The fourth-order valence-corrected chi connectivity index (χ4v) is 1.53. The van der Waals surface area contributed by atoms with Gasteiger partial charge in [-0.2, -0.15) is 18.4 Å². The zero-order valence-corrected chi connectivity index (χ0v) is 10.2. The predicted molar refractivity (Wildman–Crippen MR) is 63.4 cm³/mol. The first-order valence-electron chi connectivity index (χ1n) is 5.37. The summed E-state index contributed by atoms with van der Waals surface area (Å²) in [6, 6.07) is 5.01. The molecule has 0 bridgehead atoms. The number of likely N-dealkylation sites (N-methyl/N-ethyl adjacent to an activating group) is 2. The average molecular weight is 257 g/mol. The zero-order valence-electron chi connectivity index (χ0n) is 10.2. The van der Waals surface area contributed by atoms with Crippen LogP contribution in [-0.4, -0.2) is 27.2 Å². The standard InChI is InChI=1S/C12H14F3N3/c1-17-5-6-18(2)11-4-3-10(12(13,14)15)7-9(11)8-16/h3-4,7,17H,5-6H2,1-2H3. The highest BCUT2D eigenvalue weighted by Crippen LogP contribution is 2.32. The fourth-order valence-electron chi connectivity index (χ4n) is 1.53. The highest BCUT2D eigenvalue weighted by molar-refractivity contribution is 5.60. The van der Waals surface area contributed by atoms with Crippen molar-refractivity contribution in [1.29, 1.82) is 5.26 Å². The SMILES string of the molecule is CNCCN(C)c1ccc(C(F)(F)F)cc1C#N. The molecule has 1 N–H and O–H groups in total. The number of benzene rings is 1. The minimum atomic E-state index is -4.42. The molecule has 6 heteroatoms. The van der Waals surface area contributed by atoms with E-state index in [0.717, 1.165) is 12.1 Å². The van der Waals surface area contributed by atoms with Gasteiger partial charge in [-0.3, -0.25) is 0 Å². The normalized spacial score (nSPS) is 11.1. The Morgan fingerprint density at radius 1 is 1.39 bits per heavy atom. The third kappa shape index (κ3) is 3.37. The molecular formula is C12H14F3N3. The van der Waals surface area contributed by atoms with Crippen LogP contribution in [0.3, 0.4) is 0 Å². The highest BCUT2D eigenvalue weighted by Gasteiger charge is 2.31. The van der Waals surface area contributed by atoms with Crippen molar-refractivity contribution in [1.82, 2.24) is 5.32 Å². The van der Waals surface area contributed by atoms with Crippen molar-refractivity contribution in [3.8, 4) is 6.07 Å². The van der Waals surface area contributed by atoms with E-state index in [1.165, 1.54) is 6.07 Å². The van der Waals surface area contributed by atoms with E-state index in [-0.39, 0.29) is 5.56 Å². The Hall–Kier alpha value is -1.74. The number of hydrogen-bond donors (Lipinski definition) is 1. The summed E-state index contributed by atoms with van der Waals surface area (Å²) in [4.78, 5) is 1.75. The lowest BCUT2D eigenvalue weighted by Gasteiger charge is -2.21. The summed E-state index contributed by atoms with van der Waals surface area (Å²) in [6.45, 7) is 1.29. The van der Waals surface area contributed by atoms with Crippen molar-refractivity contribution in [2.75, 3.05) is 32.1 Å². The van der Waals surface area contributed by atoms with Crippen LogP contribution in [0.4, 0.5) is 18.9 Å². The Kier molecular flexibility index (Phi) is 4.56. The number of nitriles is 1. The molecule has 0 aliphatic rings. The molecule has 0 aromatic heterocycles. The average Bonchev–Trinajstić information content (AvgIpc) is 2.34. The van der Waals surface area contributed by atoms with E-state index in [1.807, 2.05) is 0 Å². The number of rotatable bonds is 4. The van der Waals surface area contributed by atoms with Crippen LogP contribution in [0.15, 0.2) is 18.2 Å². The summed E-state index contributed by atoms with van der Waals surface area (Å²) in [5.74, 6) is 0. The fraction of sp³-hybridized carbons (Fsp3) is 0.417. The first-order chi connectivity index (χ1) is 8.40. The highest BCUT2D eigenvalue weighted by atomic mass is 19.4. The van der Waals surface area contributed by atoms with E-state index < -0.39 is 11.7 Å². The molecule has 0 heterocycles.